The van der Waals surface area contributed by atoms with Crippen LogP contribution >= 0.6 is 0 Å². The fourth-order valence-corrected chi connectivity index (χ4v) is 1.62. The van der Waals surface area contributed by atoms with Crippen molar-refractivity contribution < 1.29 is 9.50 Å². The summed E-state index contributed by atoms with van der Waals surface area (Å²) in [6.07, 6.45) is 1.83. The van der Waals surface area contributed by atoms with Crippen LogP contribution in [0, 0.1) is 5.92 Å². The summed E-state index contributed by atoms with van der Waals surface area (Å²) in [6.45, 7) is 1.98. The summed E-state index contributed by atoms with van der Waals surface area (Å²) < 4.78 is 12.9. The predicted octanol–water partition coefficient (Wildman–Crippen LogP) is 1.90. The summed E-state index contributed by atoms with van der Waals surface area (Å²) in [7, 11) is 0. The first-order valence-electron chi connectivity index (χ1n) is 4.06. The Hall–Kier alpha value is -0.110. The molecule has 1 aliphatic carbocycles. The minimum atomic E-state index is -0.659. The van der Waals surface area contributed by atoms with Gasteiger partial charge in [0.1, 0.15) is 6.17 Å². The molecular formula is C8H15FO. The molecule has 0 aromatic heterocycles. The normalized spacial score (nSPS) is 41.7. The highest BCUT2D eigenvalue weighted by atomic mass is 19.1. The lowest BCUT2D eigenvalue weighted by atomic mass is 9.84. The first kappa shape index (κ1) is 7.99. The highest BCUT2D eigenvalue weighted by Gasteiger charge is 2.27. The monoisotopic (exact) mass is 146 g/mol. The second kappa shape index (κ2) is 3.33. The Morgan fingerprint density at radius 1 is 1.50 bits per heavy atom. The molecule has 0 heterocycles. The van der Waals surface area contributed by atoms with E-state index in [-0.39, 0.29) is 12.0 Å². The third kappa shape index (κ3) is 1.69. The fraction of sp³-hybridized carbons (Fsp3) is 1.00. The summed E-state index contributed by atoms with van der Waals surface area (Å²) in [5, 5.41) is 9.16. The third-order valence-electron chi connectivity index (χ3n) is 2.39. The van der Waals surface area contributed by atoms with E-state index in [1.807, 2.05) is 6.92 Å². The van der Waals surface area contributed by atoms with Gasteiger partial charge in [0.2, 0.25) is 0 Å². The number of aliphatic hydroxyl groups is 1. The van der Waals surface area contributed by atoms with Gasteiger partial charge in [-0.05, 0) is 25.2 Å². The summed E-state index contributed by atoms with van der Waals surface area (Å²) in [5.41, 5.74) is 0. The van der Waals surface area contributed by atoms with Crippen molar-refractivity contribution in [1.29, 1.82) is 0 Å². The summed E-state index contributed by atoms with van der Waals surface area (Å²) in [4.78, 5) is 0. The molecule has 1 N–H and O–H groups in total. The van der Waals surface area contributed by atoms with E-state index in [1.54, 1.807) is 0 Å². The third-order valence-corrected chi connectivity index (χ3v) is 2.39. The SMILES string of the molecule is CC[C@H]1C[C@H](O)CC[C@@H]1F. The van der Waals surface area contributed by atoms with Crippen molar-refractivity contribution in [3.63, 3.8) is 0 Å². The lowest BCUT2D eigenvalue weighted by Crippen LogP contribution is -2.28. The largest absolute Gasteiger partial charge is 0.393 e. The van der Waals surface area contributed by atoms with Gasteiger partial charge in [-0.3, -0.25) is 0 Å². The molecule has 0 radical (unpaired) electrons. The van der Waals surface area contributed by atoms with Gasteiger partial charge in [-0.1, -0.05) is 13.3 Å². The van der Waals surface area contributed by atoms with Crippen LogP contribution in [0.25, 0.3) is 0 Å². The molecule has 0 spiro atoms. The predicted molar refractivity (Wildman–Crippen MR) is 38.5 cm³/mol. The smallest absolute Gasteiger partial charge is 0.103 e. The van der Waals surface area contributed by atoms with Gasteiger partial charge in [0.15, 0.2) is 0 Å². The summed E-state index contributed by atoms with van der Waals surface area (Å²) >= 11 is 0. The van der Waals surface area contributed by atoms with Crippen LogP contribution in [0.5, 0.6) is 0 Å². The molecule has 0 aromatic rings. The Balaban J connectivity index is 2.38. The molecule has 2 heteroatoms. The second-order valence-electron chi connectivity index (χ2n) is 3.15. The van der Waals surface area contributed by atoms with Gasteiger partial charge < -0.3 is 5.11 Å². The van der Waals surface area contributed by atoms with Gasteiger partial charge in [0, 0.05) is 0 Å². The van der Waals surface area contributed by atoms with Crippen molar-refractivity contribution in [2.45, 2.75) is 44.9 Å². The first-order chi connectivity index (χ1) is 4.74. The van der Waals surface area contributed by atoms with Crippen molar-refractivity contribution in [2.75, 3.05) is 0 Å². The van der Waals surface area contributed by atoms with Gasteiger partial charge in [-0.25, -0.2) is 4.39 Å². The van der Waals surface area contributed by atoms with E-state index in [0.717, 1.165) is 6.42 Å². The highest BCUT2D eigenvalue weighted by molar-refractivity contribution is 4.78. The molecule has 1 nitrogen and oxygen atoms in total. The fourth-order valence-electron chi connectivity index (χ4n) is 1.62. The zero-order chi connectivity index (χ0) is 7.56. The molecule has 1 fully saturated rings. The minimum absolute atomic E-state index is 0.115. The van der Waals surface area contributed by atoms with Crippen LogP contribution in [0.3, 0.4) is 0 Å². The van der Waals surface area contributed by atoms with Crippen molar-refractivity contribution in [2.24, 2.45) is 5.92 Å². The van der Waals surface area contributed by atoms with E-state index in [2.05, 4.69) is 0 Å². The summed E-state index contributed by atoms with van der Waals surface area (Å²) in [5.74, 6) is 0.115. The summed E-state index contributed by atoms with van der Waals surface area (Å²) in [6, 6.07) is 0. The standard InChI is InChI=1S/C8H15FO/c1-2-6-5-7(10)3-4-8(6)9/h6-8,10H,2-5H2,1H3/t6-,7+,8-/m0/s1. The second-order valence-corrected chi connectivity index (χ2v) is 3.15. The van der Waals surface area contributed by atoms with E-state index in [4.69, 9.17) is 5.11 Å². The lowest BCUT2D eigenvalue weighted by Gasteiger charge is -2.28. The average Bonchev–Trinajstić information content (AvgIpc) is 1.94. The molecule has 0 bridgehead atoms. The van der Waals surface area contributed by atoms with E-state index < -0.39 is 6.17 Å². The quantitative estimate of drug-likeness (QED) is 0.599. The van der Waals surface area contributed by atoms with Crippen LogP contribution < -0.4 is 0 Å². The van der Waals surface area contributed by atoms with Gasteiger partial charge in [0.25, 0.3) is 0 Å². The molecule has 3 atom stereocenters. The van der Waals surface area contributed by atoms with E-state index in [9.17, 15) is 4.39 Å². The number of hydrogen-bond donors (Lipinski definition) is 1. The van der Waals surface area contributed by atoms with Crippen molar-refractivity contribution in [1.82, 2.24) is 0 Å². The van der Waals surface area contributed by atoms with E-state index in [0.29, 0.717) is 19.3 Å². The lowest BCUT2D eigenvalue weighted by molar-refractivity contribution is 0.0493. The maximum Gasteiger partial charge on any atom is 0.103 e. The van der Waals surface area contributed by atoms with Gasteiger partial charge in [-0.2, -0.15) is 0 Å². The molecule has 0 amide bonds. The van der Waals surface area contributed by atoms with Crippen LogP contribution in [0.1, 0.15) is 32.6 Å². The van der Waals surface area contributed by atoms with Gasteiger partial charge in [-0.15, -0.1) is 0 Å². The zero-order valence-electron chi connectivity index (χ0n) is 6.39. The average molecular weight is 146 g/mol. The van der Waals surface area contributed by atoms with Crippen LogP contribution in [0.15, 0.2) is 0 Å². The molecule has 0 saturated heterocycles. The van der Waals surface area contributed by atoms with Crippen molar-refractivity contribution >= 4 is 0 Å². The molecule has 0 unspecified atom stereocenters. The van der Waals surface area contributed by atoms with E-state index >= 15 is 0 Å². The highest BCUT2D eigenvalue weighted by Crippen LogP contribution is 2.29. The Morgan fingerprint density at radius 3 is 2.70 bits per heavy atom. The molecule has 60 valence electrons. The molecular weight excluding hydrogens is 131 g/mol. The Morgan fingerprint density at radius 2 is 2.20 bits per heavy atom. The molecule has 10 heavy (non-hydrogen) atoms. The number of hydrogen-bond acceptors (Lipinski definition) is 1. The Kier molecular flexibility index (Phi) is 2.66. The number of rotatable bonds is 1. The Labute approximate surface area is 61.2 Å². The maximum absolute atomic E-state index is 12.9. The minimum Gasteiger partial charge on any atom is -0.393 e. The maximum atomic E-state index is 12.9. The van der Waals surface area contributed by atoms with Gasteiger partial charge in [0.05, 0.1) is 6.10 Å². The van der Waals surface area contributed by atoms with Crippen LogP contribution in [0.2, 0.25) is 0 Å². The molecule has 0 aliphatic heterocycles. The Bertz CT molecular complexity index is 105. The molecule has 0 aromatic carbocycles. The van der Waals surface area contributed by atoms with Crippen molar-refractivity contribution in [3.8, 4) is 0 Å². The molecule has 1 saturated carbocycles. The van der Waals surface area contributed by atoms with Crippen LogP contribution in [-0.2, 0) is 0 Å². The number of aliphatic hydroxyl groups excluding tert-OH is 1. The number of halogens is 1. The zero-order valence-corrected chi connectivity index (χ0v) is 6.39. The van der Waals surface area contributed by atoms with Crippen molar-refractivity contribution in [3.05, 3.63) is 0 Å². The number of alkyl halides is 1. The first-order valence-corrected chi connectivity index (χ1v) is 4.06. The topological polar surface area (TPSA) is 20.2 Å². The van der Waals surface area contributed by atoms with E-state index in [1.165, 1.54) is 0 Å². The van der Waals surface area contributed by atoms with Gasteiger partial charge >= 0.3 is 0 Å². The molecule has 1 rings (SSSR count). The van der Waals surface area contributed by atoms with Crippen LogP contribution in [-0.4, -0.2) is 17.4 Å². The molecule has 1 aliphatic rings. The van der Waals surface area contributed by atoms with Crippen LogP contribution in [0.4, 0.5) is 4.39 Å².